The van der Waals surface area contributed by atoms with Gasteiger partial charge in [-0.05, 0) is 41.9 Å². The lowest BCUT2D eigenvalue weighted by molar-refractivity contribution is 0.271. The number of hydrogen-bond donors (Lipinski definition) is 1. The van der Waals surface area contributed by atoms with Crippen molar-refractivity contribution in [2.75, 3.05) is 19.4 Å². The van der Waals surface area contributed by atoms with Gasteiger partial charge in [-0.1, -0.05) is 31.2 Å². The smallest absolute Gasteiger partial charge is 0.119 e. The molecule has 0 saturated heterocycles. The number of rotatable bonds is 6. The van der Waals surface area contributed by atoms with Crippen LogP contribution in [0.2, 0.25) is 0 Å². The van der Waals surface area contributed by atoms with Gasteiger partial charge in [0.25, 0.3) is 0 Å². The summed E-state index contributed by atoms with van der Waals surface area (Å²) in [6.45, 7) is 4.97. The van der Waals surface area contributed by atoms with Gasteiger partial charge in [-0.3, -0.25) is 4.90 Å². The molecular formula is C17H22N2O. The third-order valence-electron chi connectivity index (χ3n) is 3.34. The minimum atomic E-state index is 0.819. The zero-order valence-corrected chi connectivity index (χ0v) is 12.2. The molecule has 0 aliphatic heterocycles. The molecule has 3 nitrogen and oxygen atoms in total. The maximum atomic E-state index is 5.83. The minimum Gasteiger partial charge on any atom is -0.497 e. The number of benzene rings is 2. The van der Waals surface area contributed by atoms with Gasteiger partial charge in [-0.15, -0.1) is 0 Å². The fraction of sp³-hybridized carbons (Fsp3) is 0.294. The Hall–Kier alpha value is -2.00. The highest BCUT2D eigenvalue weighted by atomic mass is 16.5. The lowest BCUT2D eigenvalue weighted by atomic mass is 10.1. The Labute approximate surface area is 121 Å². The highest BCUT2D eigenvalue weighted by molar-refractivity contribution is 5.40. The molecule has 2 N–H and O–H groups in total. The Morgan fingerprint density at radius 1 is 1.00 bits per heavy atom. The maximum absolute atomic E-state index is 5.83. The summed E-state index contributed by atoms with van der Waals surface area (Å²) in [6, 6.07) is 16.3. The number of hydrogen-bond acceptors (Lipinski definition) is 3. The molecule has 0 aliphatic rings. The average Bonchev–Trinajstić information content (AvgIpc) is 2.47. The molecule has 0 unspecified atom stereocenters. The molecule has 2 rings (SSSR count). The first-order valence-corrected chi connectivity index (χ1v) is 6.91. The van der Waals surface area contributed by atoms with E-state index in [1.165, 1.54) is 11.1 Å². The largest absolute Gasteiger partial charge is 0.497 e. The Bertz CT molecular complexity index is 554. The van der Waals surface area contributed by atoms with Crippen LogP contribution >= 0.6 is 0 Å². The van der Waals surface area contributed by atoms with Gasteiger partial charge < -0.3 is 10.5 Å². The van der Waals surface area contributed by atoms with Gasteiger partial charge in [0.15, 0.2) is 0 Å². The van der Waals surface area contributed by atoms with Gasteiger partial charge in [0, 0.05) is 18.8 Å². The number of nitrogens with zero attached hydrogens (tertiary/aromatic N) is 1. The third kappa shape index (κ3) is 4.00. The molecule has 0 heterocycles. The molecule has 0 amide bonds. The Kier molecular flexibility index (Phi) is 5.02. The molecule has 106 valence electrons. The Morgan fingerprint density at radius 3 is 2.25 bits per heavy atom. The SMILES string of the molecule is CCN(Cc1cccc(N)c1)Cc1cccc(OC)c1. The molecule has 0 saturated carbocycles. The van der Waals surface area contributed by atoms with Crippen LogP contribution in [0.25, 0.3) is 0 Å². The summed E-state index contributed by atoms with van der Waals surface area (Å²) in [5.74, 6) is 0.905. The monoisotopic (exact) mass is 270 g/mol. The van der Waals surface area contributed by atoms with E-state index in [0.717, 1.165) is 31.1 Å². The van der Waals surface area contributed by atoms with Gasteiger partial charge in [-0.2, -0.15) is 0 Å². The lowest BCUT2D eigenvalue weighted by Gasteiger charge is -2.21. The summed E-state index contributed by atoms with van der Waals surface area (Å²) in [6.07, 6.45) is 0. The van der Waals surface area contributed by atoms with Gasteiger partial charge in [0.2, 0.25) is 0 Å². The Balaban J connectivity index is 2.05. The molecule has 0 radical (unpaired) electrons. The molecule has 0 bridgehead atoms. The molecule has 2 aromatic carbocycles. The second kappa shape index (κ2) is 6.96. The number of nitrogens with two attached hydrogens (primary N) is 1. The van der Waals surface area contributed by atoms with Crippen LogP contribution in [-0.2, 0) is 13.1 Å². The van der Waals surface area contributed by atoms with Crippen molar-refractivity contribution in [1.82, 2.24) is 4.90 Å². The first kappa shape index (κ1) is 14.4. The summed E-state index contributed by atoms with van der Waals surface area (Å²) in [7, 11) is 1.70. The Morgan fingerprint density at radius 2 is 1.65 bits per heavy atom. The number of methoxy groups -OCH3 is 1. The number of nitrogen functional groups attached to an aromatic ring is 1. The first-order valence-electron chi connectivity index (χ1n) is 6.91. The van der Waals surface area contributed by atoms with Crippen LogP contribution < -0.4 is 10.5 Å². The molecule has 0 atom stereocenters. The van der Waals surface area contributed by atoms with Crippen LogP contribution in [0.5, 0.6) is 5.75 Å². The molecule has 2 aromatic rings. The standard InChI is InChI=1S/C17H22N2O/c1-3-19(12-14-6-4-8-16(18)10-14)13-15-7-5-9-17(11-15)20-2/h4-11H,3,12-13,18H2,1-2H3. The molecule has 0 aromatic heterocycles. The van der Waals surface area contributed by atoms with Crippen molar-refractivity contribution in [2.24, 2.45) is 0 Å². The predicted octanol–water partition coefficient (Wildman–Crippen LogP) is 3.30. The zero-order chi connectivity index (χ0) is 14.4. The van der Waals surface area contributed by atoms with E-state index in [2.05, 4.69) is 30.0 Å². The van der Waals surface area contributed by atoms with Crippen molar-refractivity contribution in [3.05, 3.63) is 59.7 Å². The van der Waals surface area contributed by atoms with Gasteiger partial charge in [0.1, 0.15) is 5.75 Å². The third-order valence-corrected chi connectivity index (χ3v) is 3.34. The van der Waals surface area contributed by atoms with Gasteiger partial charge >= 0.3 is 0 Å². The summed E-state index contributed by atoms with van der Waals surface area (Å²) in [4.78, 5) is 2.38. The quantitative estimate of drug-likeness (QED) is 0.819. The van der Waals surface area contributed by atoms with Crippen LogP contribution in [-0.4, -0.2) is 18.6 Å². The predicted molar refractivity (Wildman–Crippen MR) is 83.6 cm³/mol. The van der Waals surface area contributed by atoms with Crippen LogP contribution in [0.15, 0.2) is 48.5 Å². The van der Waals surface area contributed by atoms with Crippen LogP contribution in [0.4, 0.5) is 5.69 Å². The second-order valence-corrected chi connectivity index (χ2v) is 4.90. The molecule has 0 aliphatic carbocycles. The van der Waals surface area contributed by atoms with Crippen LogP contribution in [0.1, 0.15) is 18.1 Å². The van der Waals surface area contributed by atoms with Crippen molar-refractivity contribution in [3.8, 4) is 5.75 Å². The van der Waals surface area contributed by atoms with E-state index in [9.17, 15) is 0 Å². The summed E-state index contributed by atoms with van der Waals surface area (Å²) >= 11 is 0. The summed E-state index contributed by atoms with van der Waals surface area (Å²) < 4.78 is 5.27. The second-order valence-electron chi connectivity index (χ2n) is 4.90. The van der Waals surface area contributed by atoms with Crippen molar-refractivity contribution in [3.63, 3.8) is 0 Å². The van der Waals surface area contributed by atoms with E-state index in [-0.39, 0.29) is 0 Å². The van der Waals surface area contributed by atoms with Crippen molar-refractivity contribution in [2.45, 2.75) is 20.0 Å². The van der Waals surface area contributed by atoms with Crippen LogP contribution in [0, 0.1) is 0 Å². The number of ether oxygens (including phenoxy) is 1. The highest BCUT2D eigenvalue weighted by Crippen LogP contribution is 2.16. The fourth-order valence-electron chi connectivity index (χ4n) is 2.26. The molecule has 20 heavy (non-hydrogen) atoms. The van der Waals surface area contributed by atoms with E-state index in [0.29, 0.717) is 0 Å². The average molecular weight is 270 g/mol. The van der Waals surface area contributed by atoms with Gasteiger partial charge in [-0.25, -0.2) is 0 Å². The van der Waals surface area contributed by atoms with Gasteiger partial charge in [0.05, 0.1) is 7.11 Å². The van der Waals surface area contributed by atoms with E-state index in [1.807, 2.05) is 30.3 Å². The molecular weight excluding hydrogens is 248 g/mol. The van der Waals surface area contributed by atoms with Crippen LogP contribution in [0.3, 0.4) is 0 Å². The summed E-state index contributed by atoms with van der Waals surface area (Å²) in [5.41, 5.74) is 9.16. The fourth-order valence-corrected chi connectivity index (χ4v) is 2.26. The topological polar surface area (TPSA) is 38.5 Å². The first-order chi connectivity index (χ1) is 9.71. The van der Waals surface area contributed by atoms with E-state index in [1.54, 1.807) is 7.11 Å². The minimum absolute atomic E-state index is 0.819. The number of anilines is 1. The molecule has 3 heteroatoms. The van der Waals surface area contributed by atoms with E-state index >= 15 is 0 Å². The van der Waals surface area contributed by atoms with Crippen molar-refractivity contribution in [1.29, 1.82) is 0 Å². The van der Waals surface area contributed by atoms with Crippen molar-refractivity contribution >= 4 is 5.69 Å². The van der Waals surface area contributed by atoms with E-state index in [4.69, 9.17) is 10.5 Å². The molecule has 0 spiro atoms. The van der Waals surface area contributed by atoms with E-state index < -0.39 is 0 Å². The normalized spacial score (nSPS) is 10.8. The molecule has 0 fully saturated rings. The van der Waals surface area contributed by atoms with Crippen molar-refractivity contribution < 1.29 is 4.74 Å². The lowest BCUT2D eigenvalue weighted by Crippen LogP contribution is -2.22. The maximum Gasteiger partial charge on any atom is 0.119 e. The highest BCUT2D eigenvalue weighted by Gasteiger charge is 2.06. The zero-order valence-electron chi connectivity index (χ0n) is 12.2. The summed E-state index contributed by atoms with van der Waals surface area (Å²) in [5, 5.41) is 0.